The molecule has 0 aliphatic rings. The van der Waals surface area contributed by atoms with E-state index in [4.69, 9.17) is 15.2 Å². The fourth-order valence-corrected chi connectivity index (χ4v) is 1.97. The van der Waals surface area contributed by atoms with Gasteiger partial charge in [-0.2, -0.15) is 0 Å². The molecule has 106 valence electrons. The Morgan fingerprint density at radius 1 is 1.20 bits per heavy atom. The molecule has 0 aliphatic carbocycles. The molecule has 0 radical (unpaired) electrons. The van der Waals surface area contributed by atoms with E-state index in [-0.39, 0.29) is 6.04 Å². The maximum atomic E-state index is 5.81. The molecule has 1 atom stereocenters. The molecular weight excluding hydrogens is 252 g/mol. The van der Waals surface area contributed by atoms with Crippen molar-refractivity contribution in [2.45, 2.75) is 26.0 Å². The van der Waals surface area contributed by atoms with Gasteiger partial charge in [0, 0.05) is 24.0 Å². The van der Waals surface area contributed by atoms with Gasteiger partial charge in [-0.05, 0) is 37.1 Å². The zero-order valence-electron chi connectivity index (χ0n) is 11.9. The van der Waals surface area contributed by atoms with Gasteiger partial charge in [-0.3, -0.25) is 4.98 Å². The topological polar surface area (TPSA) is 57.4 Å². The van der Waals surface area contributed by atoms with Crippen LogP contribution < -0.4 is 15.2 Å². The number of nitrogens with two attached hydrogens (primary N) is 1. The summed E-state index contributed by atoms with van der Waals surface area (Å²) in [7, 11) is 1.64. The second-order valence-corrected chi connectivity index (χ2v) is 4.82. The molecule has 0 bridgehead atoms. The van der Waals surface area contributed by atoms with E-state index < -0.39 is 0 Å². The van der Waals surface area contributed by atoms with Gasteiger partial charge in [0.05, 0.1) is 7.11 Å². The lowest BCUT2D eigenvalue weighted by Gasteiger charge is -2.13. The molecule has 0 saturated heterocycles. The Morgan fingerprint density at radius 2 is 2.05 bits per heavy atom. The van der Waals surface area contributed by atoms with E-state index in [1.165, 1.54) is 0 Å². The van der Waals surface area contributed by atoms with Crippen LogP contribution in [0.2, 0.25) is 0 Å². The zero-order chi connectivity index (χ0) is 14.4. The molecule has 0 fully saturated rings. The highest BCUT2D eigenvalue weighted by Gasteiger charge is 2.07. The molecule has 0 amide bonds. The molecule has 4 heteroatoms. The van der Waals surface area contributed by atoms with Crippen molar-refractivity contribution >= 4 is 0 Å². The average molecular weight is 272 g/mol. The molecule has 1 unspecified atom stereocenters. The van der Waals surface area contributed by atoms with E-state index in [1.54, 1.807) is 19.5 Å². The molecule has 1 aromatic heterocycles. The highest BCUT2D eigenvalue weighted by Crippen LogP contribution is 2.29. The third-order valence-electron chi connectivity index (χ3n) is 2.90. The van der Waals surface area contributed by atoms with Gasteiger partial charge in [0.2, 0.25) is 0 Å². The Hall–Kier alpha value is -2.07. The molecule has 2 aromatic rings. The first-order chi connectivity index (χ1) is 9.69. The molecule has 2 N–H and O–H groups in total. The number of benzene rings is 1. The average Bonchev–Trinajstić information content (AvgIpc) is 2.46. The summed E-state index contributed by atoms with van der Waals surface area (Å²) in [5.74, 6) is 1.46. The van der Waals surface area contributed by atoms with Crippen LogP contribution in [0.3, 0.4) is 0 Å². The number of ether oxygens (including phenoxy) is 2. The maximum Gasteiger partial charge on any atom is 0.161 e. The van der Waals surface area contributed by atoms with E-state index >= 15 is 0 Å². The number of nitrogens with zero attached hydrogens (tertiary/aromatic N) is 1. The van der Waals surface area contributed by atoms with Gasteiger partial charge in [0.1, 0.15) is 6.61 Å². The molecule has 1 aromatic carbocycles. The minimum Gasteiger partial charge on any atom is -0.493 e. The van der Waals surface area contributed by atoms with Gasteiger partial charge < -0.3 is 15.2 Å². The second kappa shape index (κ2) is 6.91. The van der Waals surface area contributed by atoms with E-state index in [1.807, 2.05) is 37.3 Å². The van der Waals surface area contributed by atoms with Crippen molar-refractivity contribution in [2.24, 2.45) is 5.73 Å². The fourth-order valence-electron chi connectivity index (χ4n) is 1.97. The summed E-state index contributed by atoms with van der Waals surface area (Å²) in [6, 6.07) is 9.91. The predicted octanol–water partition coefficient (Wildman–Crippen LogP) is 2.56. The number of rotatable bonds is 6. The molecule has 4 nitrogen and oxygen atoms in total. The molecule has 0 saturated carbocycles. The Balaban J connectivity index is 2.07. The summed E-state index contributed by atoms with van der Waals surface area (Å²) < 4.78 is 11.2. The van der Waals surface area contributed by atoms with Crippen LogP contribution in [-0.2, 0) is 13.0 Å². The summed E-state index contributed by atoms with van der Waals surface area (Å²) in [5.41, 5.74) is 7.98. The van der Waals surface area contributed by atoms with Gasteiger partial charge in [-0.15, -0.1) is 0 Å². The Morgan fingerprint density at radius 3 is 2.70 bits per heavy atom. The number of hydrogen-bond donors (Lipinski definition) is 1. The largest absolute Gasteiger partial charge is 0.493 e. The van der Waals surface area contributed by atoms with Gasteiger partial charge in [-0.1, -0.05) is 12.1 Å². The summed E-state index contributed by atoms with van der Waals surface area (Å²) in [4.78, 5) is 4.06. The quantitative estimate of drug-likeness (QED) is 0.878. The first kappa shape index (κ1) is 14.3. The molecule has 0 aliphatic heterocycles. The molecule has 20 heavy (non-hydrogen) atoms. The summed E-state index contributed by atoms with van der Waals surface area (Å²) in [6.07, 6.45) is 4.35. The van der Waals surface area contributed by atoms with Crippen LogP contribution in [0.25, 0.3) is 0 Å². The van der Waals surface area contributed by atoms with Crippen molar-refractivity contribution in [3.05, 3.63) is 53.9 Å². The summed E-state index contributed by atoms with van der Waals surface area (Å²) in [5, 5.41) is 0. The standard InChI is InChI=1S/C16H20N2O2/c1-12(17)8-13-5-6-15(16(9-13)19-2)20-11-14-4-3-7-18-10-14/h3-7,9-10,12H,8,11,17H2,1-2H3. The maximum absolute atomic E-state index is 5.81. The van der Waals surface area contributed by atoms with Crippen LogP contribution in [0, 0.1) is 0 Å². The first-order valence-corrected chi connectivity index (χ1v) is 6.63. The van der Waals surface area contributed by atoms with E-state index in [2.05, 4.69) is 4.98 Å². The molecule has 0 spiro atoms. The number of pyridine rings is 1. The third-order valence-corrected chi connectivity index (χ3v) is 2.90. The molecule has 1 heterocycles. The number of methoxy groups -OCH3 is 1. The highest BCUT2D eigenvalue weighted by atomic mass is 16.5. The normalized spacial score (nSPS) is 11.9. The summed E-state index contributed by atoms with van der Waals surface area (Å²) >= 11 is 0. The van der Waals surface area contributed by atoms with E-state index in [9.17, 15) is 0 Å². The number of aromatic nitrogens is 1. The van der Waals surface area contributed by atoms with Gasteiger partial charge >= 0.3 is 0 Å². The first-order valence-electron chi connectivity index (χ1n) is 6.63. The van der Waals surface area contributed by atoms with Gasteiger partial charge in [0.15, 0.2) is 11.5 Å². The monoisotopic (exact) mass is 272 g/mol. The lowest BCUT2D eigenvalue weighted by atomic mass is 10.1. The predicted molar refractivity (Wildman–Crippen MR) is 78.9 cm³/mol. The van der Waals surface area contributed by atoms with Crippen molar-refractivity contribution in [2.75, 3.05) is 7.11 Å². The Kier molecular flexibility index (Phi) is 4.96. The Bertz CT molecular complexity index is 541. The van der Waals surface area contributed by atoms with Crippen molar-refractivity contribution in [1.29, 1.82) is 0 Å². The van der Waals surface area contributed by atoms with Crippen LogP contribution in [-0.4, -0.2) is 18.1 Å². The molecular formula is C16H20N2O2. The molecule has 2 rings (SSSR count). The van der Waals surface area contributed by atoms with Crippen LogP contribution >= 0.6 is 0 Å². The van der Waals surface area contributed by atoms with Crippen molar-refractivity contribution in [3.63, 3.8) is 0 Å². The minimum absolute atomic E-state index is 0.127. The highest BCUT2D eigenvalue weighted by molar-refractivity contribution is 5.43. The van der Waals surface area contributed by atoms with Gasteiger partial charge in [0.25, 0.3) is 0 Å². The lowest BCUT2D eigenvalue weighted by molar-refractivity contribution is 0.284. The van der Waals surface area contributed by atoms with Crippen molar-refractivity contribution < 1.29 is 9.47 Å². The van der Waals surface area contributed by atoms with Gasteiger partial charge in [-0.25, -0.2) is 0 Å². The van der Waals surface area contributed by atoms with E-state index in [0.29, 0.717) is 6.61 Å². The zero-order valence-corrected chi connectivity index (χ0v) is 11.9. The van der Waals surface area contributed by atoms with Crippen LogP contribution in [0.1, 0.15) is 18.1 Å². The minimum atomic E-state index is 0.127. The van der Waals surface area contributed by atoms with Crippen molar-refractivity contribution in [3.8, 4) is 11.5 Å². The van der Waals surface area contributed by atoms with E-state index in [0.717, 1.165) is 29.0 Å². The van der Waals surface area contributed by atoms with Crippen LogP contribution in [0.4, 0.5) is 0 Å². The summed E-state index contributed by atoms with van der Waals surface area (Å²) in [6.45, 7) is 2.45. The smallest absolute Gasteiger partial charge is 0.161 e. The van der Waals surface area contributed by atoms with Crippen LogP contribution in [0.5, 0.6) is 11.5 Å². The second-order valence-electron chi connectivity index (χ2n) is 4.82. The SMILES string of the molecule is COc1cc(CC(C)N)ccc1OCc1cccnc1. The lowest BCUT2D eigenvalue weighted by Crippen LogP contribution is -2.17. The van der Waals surface area contributed by atoms with Crippen LogP contribution in [0.15, 0.2) is 42.7 Å². The Labute approximate surface area is 119 Å². The fraction of sp³-hybridized carbons (Fsp3) is 0.312. The third kappa shape index (κ3) is 3.96. The number of hydrogen-bond acceptors (Lipinski definition) is 4. The van der Waals surface area contributed by atoms with Crippen molar-refractivity contribution in [1.82, 2.24) is 4.98 Å².